The minimum absolute atomic E-state index is 0.343. The van der Waals surface area contributed by atoms with E-state index < -0.39 is 5.60 Å². The zero-order valence-corrected chi connectivity index (χ0v) is 13.5. The van der Waals surface area contributed by atoms with E-state index in [4.69, 9.17) is 4.74 Å². The summed E-state index contributed by atoms with van der Waals surface area (Å²) in [5, 5.41) is 2.82. The van der Waals surface area contributed by atoms with Crippen molar-refractivity contribution in [1.29, 1.82) is 0 Å². The standard InChI is InChI=1S/C17H27NO2/c1-12(11-18-16(19)20-17(4,5)6)9-15-8-7-13(2)14(3)10-15/h7-8,10,12H,9,11H2,1-6H3,(H,18,19). The van der Waals surface area contributed by atoms with Gasteiger partial charge in [-0.1, -0.05) is 25.1 Å². The molecule has 3 nitrogen and oxygen atoms in total. The monoisotopic (exact) mass is 277 g/mol. The molecule has 1 N–H and O–H groups in total. The van der Waals surface area contributed by atoms with E-state index in [2.05, 4.69) is 44.3 Å². The predicted molar refractivity (Wildman–Crippen MR) is 83.0 cm³/mol. The summed E-state index contributed by atoms with van der Waals surface area (Å²) in [5.74, 6) is 0.379. The van der Waals surface area contributed by atoms with Crippen LogP contribution in [0.4, 0.5) is 4.79 Å². The summed E-state index contributed by atoms with van der Waals surface area (Å²) in [6, 6.07) is 6.53. The van der Waals surface area contributed by atoms with E-state index in [1.807, 2.05) is 20.8 Å². The number of hydrogen-bond acceptors (Lipinski definition) is 2. The number of aryl methyl sites for hydroxylation is 2. The number of hydrogen-bond donors (Lipinski definition) is 1. The first kappa shape index (κ1) is 16.5. The highest BCUT2D eigenvalue weighted by Crippen LogP contribution is 2.14. The number of nitrogens with one attached hydrogen (secondary N) is 1. The number of alkyl carbamates (subject to hydrolysis) is 1. The van der Waals surface area contributed by atoms with Gasteiger partial charge in [0.25, 0.3) is 0 Å². The van der Waals surface area contributed by atoms with E-state index in [1.165, 1.54) is 16.7 Å². The third-order valence-electron chi connectivity index (χ3n) is 3.15. The second-order valence-corrected chi connectivity index (χ2v) is 6.61. The fourth-order valence-corrected chi connectivity index (χ4v) is 1.98. The van der Waals surface area contributed by atoms with Crippen LogP contribution in [-0.4, -0.2) is 18.2 Å². The second-order valence-electron chi connectivity index (χ2n) is 6.61. The van der Waals surface area contributed by atoms with Crippen LogP contribution in [0.5, 0.6) is 0 Å². The van der Waals surface area contributed by atoms with Gasteiger partial charge in [-0.2, -0.15) is 0 Å². The number of rotatable bonds is 4. The van der Waals surface area contributed by atoms with E-state index in [9.17, 15) is 4.79 Å². The van der Waals surface area contributed by atoms with Crippen LogP contribution < -0.4 is 5.32 Å². The predicted octanol–water partition coefficient (Wildman–Crippen LogP) is 4.01. The zero-order valence-electron chi connectivity index (χ0n) is 13.5. The Hall–Kier alpha value is -1.51. The van der Waals surface area contributed by atoms with Crippen LogP contribution in [-0.2, 0) is 11.2 Å². The molecule has 3 heteroatoms. The normalized spacial score (nSPS) is 12.9. The maximum atomic E-state index is 11.6. The lowest BCUT2D eigenvalue weighted by Crippen LogP contribution is -2.35. The summed E-state index contributed by atoms with van der Waals surface area (Å²) in [4.78, 5) is 11.6. The second kappa shape index (κ2) is 6.78. The van der Waals surface area contributed by atoms with E-state index in [-0.39, 0.29) is 6.09 Å². The van der Waals surface area contributed by atoms with Crippen molar-refractivity contribution in [3.8, 4) is 0 Å². The van der Waals surface area contributed by atoms with Gasteiger partial charge in [0, 0.05) is 6.54 Å². The third kappa shape index (κ3) is 6.09. The van der Waals surface area contributed by atoms with Gasteiger partial charge in [-0.25, -0.2) is 4.79 Å². The van der Waals surface area contributed by atoms with Gasteiger partial charge < -0.3 is 10.1 Å². The largest absolute Gasteiger partial charge is 0.444 e. The highest BCUT2D eigenvalue weighted by atomic mass is 16.6. The molecule has 0 saturated heterocycles. The smallest absolute Gasteiger partial charge is 0.407 e. The lowest BCUT2D eigenvalue weighted by molar-refractivity contribution is 0.0520. The van der Waals surface area contributed by atoms with Gasteiger partial charge in [-0.05, 0) is 63.6 Å². The summed E-state index contributed by atoms with van der Waals surface area (Å²) in [6.45, 7) is 12.6. The zero-order chi connectivity index (χ0) is 15.3. The van der Waals surface area contributed by atoms with Gasteiger partial charge in [0.15, 0.2) is 0 Å². The molecular weight excluding hydrogens is 250 g/mol. The fraction of sp³-hybridized carbons (Fsp3) is 0.588. The molecule has 0 heterocycles. The van der Waals surface area contributed by atoms with Crippen molar-refractivity contribution in [3.05, 3.63) is 34.9 Å². The molecule has 1 aromatic rings. The van der Waals surface area contributed by atoms with Crippen molar-refractivity contribution in [2.45, 2.75) is 53.6 Å². The highest BCUT2D eigenvalue weighted by Gasteiger charge is 2.16. The van der Waals surface area contributed by atoms with Crippen molar-refractivity contribution >= 4 is 6.09 Å². The lowest BCUT2D eigenvalue weighted by atomic mass is 9.98. The van der Waals surface area contributed by atoms with Crippen molar-refractivity contribution in [3.63, 3.8) is 0 Å². The molecular formula is C17H27NO2. The molecule has 0 aliphatic carbocycles. The van der Waals surface area contributed by atoms with Crippen LogP contribution in [0.2, 0.25) is 0 Å². The van der Waals surface area contributed by atoms with Gasteiger partial charge in [0.1, 0.15) is 5.60 Å². The van der Waals surface area contributed by atoms with Crippen molar-refractivity contribution in [2.24, 2.45) is 5.92 Å². The maximum Gasteiger partial charge on any atom is 0.407 e. The van der Waals surface area contributed by atoms with Crippen molar-refractivity contribution in [1.82, 2.24) is 5.32 Å². The molecule has 0 fully saturated rings. The molecule has 1 aromatic carbocycles. The van der Waals surface area contributed by atoms with E-state index in [0.29, 0.717) is 12.5 Å². The molecule has 0 spiro atoms. The maximum absolute atomic E-state index is 11.6. The summed E-state index contributed by atoms with van der Waals surface area (Å²) in [5.41, 5.74) is 3.50. The minimum Gasteiger partial charge on any atom is -0.444 e. The molecule has 1 unspecified atom stereocenters. The Morgan fingerprint density at radius 1 is 1.25 bits per heavy atom. The Balaban J connectivity index is 2.42. The minimum atomic E-state index is -0.443. The Labute approximate surface area is 122 Å². The molecule has 1 amide bonds. The Morgan fingerprint density at radius 2 is 1.90 bits per heavy atom. The Kier molecular flexibility index (Phi) is 5.61. The lowest BCUT2D eigenvalue weighted by Gasteiger charge is -2.21. The molecule has 1 rings (SSSR count). The van der Waals surface area contributed by atoms with E-state index in [0.717, 1.165) is 6.42 Å². The number of benzene rings is 1. The molecule has 0 saturated carbocycles. The van der Waals surface area contributed by atoms with Crippen LogP contribution in [0.15, 0.2) is 18.2 Å². The topological polar surface area (TPSA) is 38.3 Å². The fourth-order valence-electron chi connectivity index (χ4n) is 1.98. The first-order valence-corrected chi connectivity index (χ1v) is 7.20. The van der Waals surface area contributed by atoms with Gasteiger partial charge >= 0.3 is 6.09 Å². The number of carbonyl (C=O) groups is 1. The molecule has 0 radical (unpaired) electrons. The van der Waals surface area contributed by atoms with Crippen LogP contribution in [0.3, 0.4) is 0 Å². The average molecular weight is 277 g/mol. The molecule has 0 aliphatic rings. The van der Waals surface area contributed by atoms with Crippen molar-refractivity contribution in [2.75, 3.05) is 6.54 Å². The van der Waals surface area contributed by atoms with Gasteiger partial charge in [0.05, 0.1) is 0 Å². The third-order valence-corrected chi connectivity index (χ3v) is 3.15. The van der Waals surface area contributed by atoms with Crippen LogP contribution in [0.25, 0.3) is 0 Å². The van der Waals surface area contributed by atoms with Crippen LogP contribution in [0.1, 0.15) is 44.4 Å². The first-order valence-electron chi connectivity index (χ1n) is 7.20. The summed E-state index contributed by atoms with van der Waals surface area (Å²) < 4.78 is 5.22. The number of ether oxygens (including phenoxy) is 1. The molecule has 112 valence electrons. The number of amides is 1. The highest BCUT2D eigenvalue weighted by molar-refractivity contribution is 5.67. The van der Waals surface area contributed by atoms with Gasteiger partial charge in [0.2, 0.25) is 0 Å². The Morgan fingerprint density at radius 3 is 2.45 bits per heavy atom. The molecule has 1 atom stereocenters. The van der Waals surface area contributed by atoms with Crippen LogP contribution >= 0.6 is 0 Å². The summed E-state index contributed by atoms with van der Waals surface area (Å²) in [6.07, 6.45) is 0.612. The van der Waals surface area contributed by atoms with Gasteiger partial charge in [-0.3, -0.25) is 0 Å². The molecule has 0 aromatic heterocycles. The summed E-state index contributed by atoms with van der Waals surface area (Å²) >= 11 is 0. The molecule has 0 bridgehead atoms. The van der Waals surface area contributed by atoms with E-state index in [1.54, 1.807) is 0 Å². The van der Waals surface area contributed by atoms with Gasteiger partial charge in [-0.15, -0.1) is 0 Å². The SMILES string of the molecule is Cc1ccc(CC(C)CNC(=O)OC(C)(C)C)cc1C. The van der Waals surface area contributed by atoms with Crippen molar-refractivity contribution < 1.29 is 9.53 Å². The summed E-state index contributed by atoms with van der Waals surface area (Å²) in [7, 11) is 0. The molecule has 20 heavy (non-hydrogen) atoms. The van der Waals surface area contributed by atoms with E-state index >= 15 is 0 Å². The average Bonchev–Trinajstić information content (AvgIpc) is 2.29. The first-order chi connectivity index (χ1) is 9.17. The number of carbonyl (C=O) groups excluding carboxylic acids is 1. The quantitative estimate of drug-likeness (QED) is 0.903. The van der Waals surface area contributed by atoms with Crippen LogP contribution in [0, 0.1) is 19.8 Å². The Bertz CT molecular complexity index is 461. The molecule has 0 aliphatic heterocycles.